The van der Waals surface area contributed by atoms with Crippen LogP contribution in [0.4, 0.5) is 4.79 Å². The van der Waals surface area contributed by atoms with Crippen molar-refractivity contribution in [2.75, 3.05) is 13.1 Å². The number of rotatable bonds is 3. The third-order valence-corrected chi connectivity index (χ3v) is 4.20. The quantitative estimate of drug-likeness (QED) is 0.884. The number of halogens is 1. The Hall–Kier alpha value is -1.56. The van der Waals surface area contributed by atoms with Gasteiger partial charge in [-0.1, -0.05) is 12.1 Å². The van der Waals surface area contributed by atoms with Crippen molar-refractivity contribution >= 4 is 27.9 Å². The summed E-state index contributed by atoms with van der Waals surface area (Å²) in [7, 11) is 0. The first-order valence-corrected chi connectivity index (χ1v) is 7.47. The van der Waals surface area contributed by atoms with E-state index >= 15 is 0 Å². The van der Waals surface area contributed by atoms with Gasteiger partial charge in [-0.2, -0.15) is 0 Å². The van der Waals surface area contributed by atoms with Crippen LogP contribution in [0.2, 0.25) is 0 Å². The molecule has 0 aliphatic carbocycles. The Kier molecular flexibility index (Phi) is 5.00. The van der Waals surface area contributed by atoms with Gasteiger partial charge in [0.2, 0.25) is 0 Å². The first-order valence-electron chi connectivity index (χ1n) is 6.68. The van der Waals surface area contributed by atoms with Crippen LogP contribution in [0.25, 0.3) is 0 Å². The molecule has 2 rings (SSSR count). The van der Waals surface area contributed by atoms with Crippen molar-refractivity contribution in [1.29, 1.82) is 0 Å². The lowest BCUT2D eigenvalue weighted by molar-refractivity contribution is 0.0614. The zero-order valence-corrected chi connectivity index (χ0v) is 12.7. The lowest BCUT2D eigenvalue weighted by Crippen LogP contribution is -2.50. The predicted octanol–water partition coefficient (Wildman–Crippen LogP) is 2.11. The maximum Gasteiger partial charge on any atom is 0.312 e. The highest BCUT2D eigenvalue weighted by Crippen LogP contribution is 2.23. The number of likely N-dealkylation sites (tertiary alicyclic amines) is 1. The molecular weight excluding hydrogens is 322 g/mol. The molecule has 1 aliphatic rings. The fourth-order valence-corrected chi connectivity index (χ4v) is 2.94. The van der Waals surface area contributed by atoms with E-state index in [1.807, 2.05) is 23.1 Å². The van der Waals surface area contributed by atoms with E-state index in [2.05, 4.69) is 21.2 Å². The average molecular weight is 340 g/mol. The monoisotopic (exact) mass is 339 g/mol. The molecule has 1 heterocycles. The van der Waals surface area contributed by atoms with Gasteiger partial charge in [-0.05, 0) is 47.3 Å². The van der Waals surface area contributed by atoms with Crippen LogP contribution < -0.4 is 11.1 Å². The minimum absolute atomic E-state index is 0.00607. The van der Waals surface area contributed by atoms with Crippen molar-refractivity contribution in [1.82, 2.24) is 10.2 Å². The minimum Gasteiger partial charge on any atom is -0.352 e. The first kappa shape index (κ1) is 14.8. The molecule has 1 unspecified atom stereocenters. The molecule has 0 radical (unpaired) electrons. The maximum absolute atomic E-state index is 12.6. The second kappa shape index (κ2) is 6.74. The van der Waals surface area contributed by atoms with E-state index in [0.717, 1.165) is 23.7 Å². The van der Waals surface area contributed by atoms with Gasteiger partial charge < -0.3 is 16.0 Å². The summed E-state index contributed by atoms with van der Waals surface area (Å²) in [5.74, 6) is -0.00607. The topological polar surface area (TPSA) is 75.4 Å². The molecular formula is C14H18BrN3O2. The van der Waals surface area contributed by atoms with E-state index in [9.17, 15) is 9.59 Å². The van der Waals surface area contributed by atoms with Crippen LogP contribution in [-0.2, 0) is 0 Å². The Morgan fingerprint density at radius 1 is 1.35 bits per heavy atom. The zero-order valence-electron chi connectivity index (χ0n) is 11.1. The summed E-state index contributed by atoms with van der Waals surface area (Å²) in [6.07, 6.45) is 2.94. The fraction of sp³-hybridized carbons (Fsp3) is 0.429. The molecule has 1 aromatic carbocycles. The largest absolute Gasteiger partial charge is 0.352 e. The molecule has 6 heteroatoms. The van der Waals surface area contributed by atoms with Crippen LogP contribution in [0.5, 0.6) is 0 Å². The SMILES string of the molecule is NC(=O)NCC1CCCCN1C(=O)c1ccccc1Br. The Balaban J connectivity index is 2.13. The van der Waals surface area contributed by atoms with E-state index in [0.29, 0.717) is 18.7 Å². The standard InChI is InChI=1S/C14H18BrN3O2/c15-12-7-2-1-6-11(12)13(19)18-8-4-3-5-10(18)9-17-14(16)20/h1-2,6-7,10H,3-5,8-9H2,(H3,16,17,20). The molecule has 1 atom stereocenters. The van der Waals surface area contributed by atoms with Gasteiger partial charge in [-0.15, -0.1) is 0 Å². The van der Waals surface area contributed by atoms with Gasteiger partial charge in [-0.3, -0.25) is 4.79 Å². The Labute approximate surface area is 126 Å². The predicted molar refractivity (Wildman–Crippen MR) is 80.4 cm³/mol. The van der Waals surface area contributed by atoms with Gasteiger partial charge in [0.1, 0.15) is 0 Å². The highest BCUT2D eigenvalue weighted by Gasteiger charge is 2.28. The molecule has 3 amide bonds. The van der Waals surface area contributed by atoms with Crippen molar-refractivity contribution in [2.24, 2.45) is 5.73 Å². The number of nitrogens with two attached hydrogens (primary N) is 1. The minimum atomic E-state index is -0.552. The molecule has 3 N–H and O–H groups in total. The molecule has 1 aliphatic heterocycles. The number of benzene rings is 1. The van der Waals surface area contributed by atoms with Crippen molar-refractivity contribution in [3.05, 3.63) is 34.3 Å². The molecule has 0 saturated carbocycles. The van der Waals surface area contributed by atoms with E-state index < -0.39 is 6.03 Å². The number of carbonyl (C=O) groups is 2. The second-order valence-electron chi connectivity index (χ2n) is 4.87. The third kappa shape index (κ3) is 3.50. The zero-order chi connectivity index (χ0) is 14.5. The van der Waals surface area contributed by atoms with Crippen LogP contribution in [0.15, 0.2) is 28.7 Å². The fourth-order valence-electron chi connectivity index (χ4n) is 2.49. The van der Waals surface area contributed by atoms with Gasteiger partial charge in [0.05, 0.1) is 5.56 Å². The van der Waals surface area contributed by atoms with Gasteiger partial charge in [0, 0.05) is 23.6 Å². The summed E-state index contributed by atoms with van der Waals surface area (Å²) < 4.78 is 0.789. The number of hydrogen-bond donors (Lipinski definition) is 2. The summed E-state index contributed by atoms with van der Waals surface area (Å²) in [5.41, 5.74) is 5.76. The number of piperidine rings is 1. The van der Waals surface area contributed by atoms with Gasteiger partial charge in [0.15, 0.2) is 0 Å². The van der Waals surface area contributed by atoms with Crippen LogP contribution in [-0.4, -0.2) is 36.0 Å². The number of primary amides is 1. The van der Waals surface area contributed by atoms with E-state index in [-0.39, 0.29) is 11.9 Å². The summed E-state index contributed by atoms with van der Waals surface area (Å²) in [4.78, 5) is 25.3. The van der Waals surface area contributed by atoms with Gasteiger partial charge in [0.25, 0.3) is 5.91 Å². The number of nitrogens with one attached hydrogen (secondary N) is 1. The lowest BCUT2D eigenvalue weighted by atomic mass is 10.0. The molecule has 5 nitrogen and oxygen atoms in total. The first-order chi connectivity index (χ1) is 9.59. The molecule has 0 bridgehead atoms. The summed E-state index contributed by atoms with van der Waals surface area (Å²) in [5, 5.41) is 2.60. The lowest BCUT2D eigenvalue weighted by Gasteiger charge is -2.36. The smallest absolute Gasteiger partial charge is 0.312 e. The van der Waals surface area contributed by atoms with Crippen LogP contribution in [0, 0.1) is 0 Å². The molecule has 1 fully saturated rings. The Morgan fingerprint density at radius 2 is 2.10 bits per heavy atom. The van der Waals surface area contributed by atoms with Gasteiger partial charge >= 0.3 is 6.03 Å². The van der Waals surface area contributed by atoms with E-state index in [1.54, 1.807) is 6.07 Å². The normalized spacial score (nSPS) is 18.6. The van der Waals surface area contributed by atoms with Crippen LogP contribution in [0.3, 0.4) is 0 Å². The number of nitrogens with zero attached hydrogens (tertiary/aromatic N) is 1. The highest BCUT2D eigenvalue weighted by atomic mass is 79.9. The molecule has 1 aromatic rings. The van der Waals surface area contributed by atoms with Crippen LogP contribution in [0.1, 0.15) is 29.6 Å². The van der Waals surface area contributed by atoms with E-state index in [4.69, 9.17) is 5.73 Å². The highest BCUT2D eigenvalue weighted by molar-refractivity contribution is 9.10. The average Bonchev–Trinajstić information content (AvgIpc) is 2.45. The summed E-state index contributed by atoms with van der Waals surface area (Å²) in [6.45, 7) is 1.12. The molecule has 20 heavy (non-hydrogen) atoms. The van der Waals surface area contributed by atoms with Crippen molar-refractivity contribution in [3.63, 3.8) is 0 Å². The summed E-state index contributed by atoms with van der Waals surface area (Å²) >= 11 is 3.41. The second-order valence-corrected chi connectivity index (χ2v) is 5.73. The molecule has 1 saturated heterocycles. The number of carbonyl (C=O) groups excluding carboxylic acids is 2. The number of urea groups is 1. The molecule has 0 aromatic heterocycles. The third-order valence-electron chi connectivity index (χ3n) is 3.50. The maximum atomic E-state index is 12.6. The van der Waals surface area contributed by atoms with Crippen molar-refractivity contribution in [3.8, 4) is 0 Å². The Bertz CT molecular complexity index is 507. The number of amides is 3. The van der Waals surface area contributed by atoms with Crippen molar-refractivity contribution in [2.45, 2.75) is 25.3 Å². The van der Waals surface area contributed by atoms with Crippen LogP contribution >= 0.6 is 15.9 Å². The molecule has 0 spiro atoms. The van der Waals surface area contributed by atoms with Gasteiger partial charge in [-0.25, -0.2) is 4.79 Å². The summed E-state index contributed by atoms with van der Waals surface area (Å²) in [6, 6.07) is 6.84. The Morgan fingerprint density at radius 3 is 2.80 bits per heavy atom. The molecule has 108 valence electrons. The van der Waals surface area contributed by atoms with Crippen molar-refractivity contribution < 1.29 is 9.59 Å². The number of hydrogen-bond acceptors (Lipinski definition) is 2. The van der Waals surface area contributed by atoms with E-state index in [1.165, 1.54) is 0 Å².